The first-order chi connectivity index (χ1) is 9.41. The normalized spacial score (nSPS) is 17.8. The van der Waals surface area contributed by atoms with E-state index in [0.717, 1.165) is 11.1 Å². The van der Waals surface area contributed by atoms with Crippen molar-refractivity contribution >= 4 is 11.9 Å². The van der Waals surface area contributed by atoms with Crippen LogP contribution >= 0.6 is 0 Å². The van der Waals surface area contributed by atoms with Gasteiger partial charge >= 0.3 is 6.03 Å². The number of carbonyl (C=O) groups excluding carboxylic acids is 2. The van der Waals surface area contributed by atoms with Crippen molar-refractivity contribution in [3.05, 3.63) is 35.4 Å². The van der Waals surface area contributed by atoms with Gasteiger partial charge in [0.25, 0.3) is 0 Å². The predicted octanol–water partition coefficient (Wildman–Crippen LogP) is 1.36. The Bertz CT molecular complexity index is 528. The molecule has 1 aliphatic rings. The van der Waals surface area contributed by atoms with E-state index >= 15 is 0 Å². The van der Waals surface area contributed by atoms with Crippen molar-refractivity contribution in [2.24, 2.45) is 5.73 Å². The van der Waals surface area contributed by atoms with Gasteiger partial charge in [-0.05, 0) is 25.0 Å². The van der Waals surface area contributed by atoms with Crippen LogP contribution in [0.3, 0.4) is 0 Å². The summed E-state index contributed by atoms with van der Waals surface area (Å²) in [5.41, 5.74) is 7.65. The molecular formula is C15H21N3O2. The molecule has 5 nitrogen and oxygen atoms in total. The van der Waals surface area contributed by atoms with Crippen LogP contribution in [0.4, 0.5) is 4.79 Å². The number of urea groups is 1. The van der Waals surface area contributed by atoms with Crippen LogP contribution in [0, 0.1) is 0 Å². The smallest absolute Gasteiger partial charge is 0.320 e. The maximum absolute atomic E-state index is 12.5. The molecule has 1 aromatic carbocycles. The summed E-state index contributed by atoms with van der Waals surface area (Å²) in [4.78, 5) is 27.4. The molecule has 0 bridgehead atoms. The van der Waals surface area contributed by atoms with Gasteiger partial charge in [0.2, 0.25) is 5.91 Å². The van der Waals surface area contributed by atoms with Gasteiger partial charge in [0.1, 0.15) is 6.04 Å². The molecule has 2 rings (SSSR count). The fourth-order valence-electron chi connectivity index (χ4n) is 2.40. The van der Waals surface area contributed by atoms with Gasteiger partial charge in [0, 0.05) is 26.1 Å². The molecule has 1 atom stereocenters. The van der Waals surface area contributed by atoms with Gasteiger partial charge in [-0.2, -0.15) is 0 Å². The van der Waals surface area contributed by atoms with E-state index in [2.05, 4.69) is 0 Å². The zero-order chi connectivity index (χ0) is 14.9. The standard InChI is InChI=1S/C15H21N3O2/c1-10(2)17(3)15(20)18-9-12-7-5-4-6-11(12)8-13(18)14(16)19/h4-7,10,13H,8-9H2,1-3H3,(H2,16,19)/t13-/m0/s1. The van der Waals surface area contributed by atoms with Crippen LogP contribution in [0.2, 0.25) is 0 Å². The maximum Gasteiger partial charge on any atom is 0.320 e. The number of nitrogens with zero attached hydrogens (tertiary/aromatic N) is 2. The number of fused-ring (bicyclic) bond motifs is 1. The van der Waals surface area contributed by atoms with Crippen LogP contribution in [0.15, 0.2) is 24.3 Å². The van der Waals surface area contributed by atoms with Gasteiger partial charge < -0.3 is 15.5 Å². The Balaban J connectivity index is 2.31. The van der Waals surface area contributed by atoms with E-state index in [1.165, 1.54) is 0 Å². The van der Waals surface area contributed by atoms with E-state index < -0.39 is 11.9 Å². The minimum Gasteiger partial charge on any atom is -0.368 e. The SMILES string of the molecule is CC(C)N(C)C(=O)N1Cc2ccccc2C[C@H]1C(N)=O. The average molecular weight is 275 g/mol. The molecule has 2 N–H and O–H groups in total. The molecule has 0 saturated heterocycles. The minimum atomic E-state index is -0.571. The molecule has 0 aliphatic carbocycles. The fraction of sp³-hybridized carbons (Fsp3) is 0.467. The molecule has 0 fully saturated rings. The maximum atomic E-state index is 12.5. The van der Waals surface area contributed by atoms with Crippen molar-refractivity contribution in [3.63, 3.8) is 0 Å². The molecule has 3 amide bonds. The van der Waals surface area contributed by atoms with Crippen molar-refractivity contribution in [2.75, 3.05) is 7.05 Å². The monoisotopic (exact) mass is 275 g/mol. The van der Waals surface area contributed by atoms with Crippen molar-refractivity contribution in [1.29, 1.82) is 0 Å². The quantitative estimate of drug-likeness (QED) is 0.885. The highest BCUT2D eigenvalue weighted by atomic mass is 16.2. The van der Waals surface area contributed by atoms with Gasteiger partial charge in [0.15, 0.2) is 0 Å². The Labute approximate surface area is 119 Å². The molecule has 1 aliphatic heterocycles. The van der Waals surface area contributed by atoms with Crippen LogP contribution in [-0.4, -0.2) is 40.9 Å². The second kappa shape index (κ2) is 5.53. The summed E-state index contributed by atoms with van der Waals surface area (Å²) < 4.78 is 0. The molecule has 108 valence electrons. The highest BCUT2D eigenvalue weighted by molar-refractivity contribution is 5.86. The number of benzene rings is 1. The van der Waals surface area contributed by atoms with Gasteiger partial charge in [0.05, 0.1) is 0 Å². The van der Waals surface area contributed by atoms with E-state index in [0.29, 0.717) is 13.0 Å². The summed E-state index contributed by atoms with van der Waals surface area (Å²) >= 11 is 0. The van der Waals surface area contributed by atoms with Crippen molar-refractivity contribution in [3.8, 4) is 0 Å². The molecule has 0 spiro atoms. The summed E-state index contributed by atoms with van der Waals surface area (Å²) in [6.45, 7) is 4.31. The van der Waals surface area contributed by atoms with E-state index in [4.69, 9.17) is 5.73 Å². The molecular weight excluding hydrogens is 254 g/mol. The third kappa shape index (κ3) is 2.61. The van der Waals surface area contributed by atoms with E-state index in [1.54, 1.807) is 16.8 Å². The minimum absolute atomic E-state index is 0.0770. The Morgan fingerprint density at radius 1 is 1.30 bits per heavy atom. The lowest BCUT2D eigenvalue weighted by Crippen LogP contribution is -2.55. The largest absolute Gasteiger partial charge is 0.368 e. The number of amides is 3. The van der Waals surface area contributed by atoms with Crippen LogP contribution < -0.4 is 5.73 Å². The molecule has 5 heteroatoms. The third-order valence-corrected chi connectivity index (χ3v) is 3.90. The van der Waals surface area contributed by atoms with Crippen molar-refractivity contribution < 1.29 is 9.59 Å². The lowest BCUT2D eigenvalue weighted by Gasteiger charge is -2.38. The zero-order valence-corrected chi connectivity index (χ0v) is 12.2. The number of rotatable bonds is 2. The molecule has 0 aromatic heterocycles. The number of carbonyl (C=O) groups is 2. The summed E-state index contributed by atoms with van der Waals surface area (Å²) in [5.74, 6) is -0.454. The molecule has 1 heterocycles. The van der Waals surface area contributed by atoms with Crippen molar-refractivity contribution in [1.82, 2.24) is 9.80 Å². The van der Waals surface area contributed by atoms with Crippen LogP contribution in [0.5, 0.6) is 0 Å². The molecule has 0 radical (unpaired) electrons. The Morgan fingerprint density at radius 3 is 2.45 bits per heavy atom. The zero-order valence-electron chi connectivity index (χ0n) is 12.2. The lowest BCUT2D eigenvalue weighted by atomic mass is 9.94. The first-order valence-corrected chi connectivity index (χ1v) is 6.81. The van der Waals surface area contributed by atoms with E-state index in [9.17, 15) is 9.59 Å². The van der Waals surface area contributed by atoms with E-state index in [1.807, 2.05) is 38.1 Å². The highest BCUT2D eigenvalue weighted by Gasteiger charge is 2.35. The molecule has 20 heavy (non-hydrogen) atoms. The number of nitrogens with two attached hydrogens (primary N) is 1. The second-order valence-corrected chi connectivity index (χ2v) is 5.51. The Kier molecular flexibility index (Phi) is 3.97. The lowest BCUT2D eigenvalue weighted by molar-refractivity contribution is -0.122. The highest BCUT2D eigenvalue weighted by Crippen LogP contribution is 2.24. The van der Waals surface area contributed by atoms with E-state index in [-0.39, 0.29) is 12.1 Å². The summed E-state index contributed by atoms with van der Waals surface area (Å²) in [6, 6.07) is 7.21. The van der Waals surface area contributed by atoms with Gasteiger partial charge in [-0.15, -0.1) is 0 Å². The third-order valence-electron chi connectivity index (χ3n) is 3.90. The topological polar surface area (TPSA) is 66.6 Å². The number of primary amides is 1. The van der Waals surface area contributed by atoms with Crippen molar-refractivity contribution in [2.45, 2.75) is 38.9 Å². The Morgan fingerprint density at radius 2 is 1.90 bits per heavy atom. The van der Waals surface area contributed by atoms with Gasteiger partial charge in [-0.1, -0.05) is 24.3 Å². The second-order valence-electron chi connectivity index (χ2n) is 5.51. The molecule has 0 saturated carbocycles. The first-order valence-electron chi connectivity index (χ1n) is 6.81. The fourth-order valence-corrected chi connectivity index (χ4v) is 2.40. The molecule has 0 unspecified atom stereocenters. The summed E-state index contributed by atoms with van der Waals surface area (Å²) in [5, 5.41) is 0. The first kappa shape index (κ1) is 14.4. The summed E-state index contributed by atoms with van der Waals surface area (Å²) in [7, 11) is 1.74. The average Bonchev–Trinajstić information content (AvgIpc) is 2.44. The van der Waals surface area contributed by atoms with Crippen LogP contribution in [0.1, 0.15) is 25.0 Å². The van der Waals surface area contributed by atoms with Gasteiger partial charge in [-0.3, -0.25) is 4.79 Å². The summed E-state index contributed by atoms with van der Waals surface area (Å²) in [6.07, 6.45) is 0.489. The number of hydrogen-bond acceptors (Lipinski definition) is 2. The predicted molar refractivity (Wildman–Crippen MR) is 77.0 cm³/mol. The van der Waals surface area contributed by atoms with Gasteiger partial charge in [-0.25, -0.2) is 4.79 Å². The number of hydrogen-bond donors (Lipinski definition) is 1. The Hall–Kier alpha value is -2.04. The van der Waals surface area contributed by atoms with Crippen LogP contribution in [-0.2, 0) is 17.8 Å². The van der Waals surface area contributed by atoms with Crippen LogP contribution in [0.25, 0.3) is 0 Å². The molecule has 1 aromatic rings.